The maximum atomic E-state index is 13.5. The molecule has 9 heteroatoms. The summed E-state index contributed by atoms with van der Waals surface area (Å²) in [5, 5.41) is -0.107. The number of aromatic nitrogens is 2. The molecule has 0 N–H and O–H groups in total. The summed E-state index contributed by atoms with van der Waals surface area (Å²) >= 11 is 5.79. The van der Waals surface area contributed by atoms with Gasteiger partial charge < -0.3 is 9.47 Å². The van der Waals surface area contributed by atoms with E-state index in [-0.39, 0.29) is 23.5 Å². The Hall–Kier alpha value is -1.70. The minimum Gasteiger partial charge on any atom is -0.486 e. The van der Waals surface area contributed by atoms with E-state index in [4.69, 9.17) is 21.1 Å². The first-order valence-corrected chi connectivity index (χ1v) is 7.46. The molecule has 126 valence electrons. The van der Waals surface area contributed by atoms with Crippen LogP contribution < -0.4 is 9.64 Å². The minimum atomic E-state index is -2.85. The number of amides is 1. The van der Waals surface area contributed by atoms with Crippen LogP contribution in [0.1, 0.15) is 33.6 Å². The molecule has 1 aromatic heterocycles. The highest BCUT2D eigenvalue weighted by Gasteiger charge is 2.64. The number of carbonyl (C=O) groups excluding carboxylic acids is 1. The van der Waals surface area contributed by atoms with Crippen LogP contribution in [0.25, 0.3) is 0 Å². The predicted octanol–water partition coefficient (Wildman–Crippen LogP) is 3.43. The van der Waals surface area contributed by atoms with E-state index in [1.807, 2.05) is 0 Å². The van der Waals surface area contributed by atoms with Crippen molar-refractivity contribution >= 4 is 23.5 Å². The quantitative estimate of drug-likeness (QED) is 0.673. The third-order valence-corrected chi connectivity index (χ3v) is 3.82. The molecule has 23 heavy (non-hydrogen) atoms. The number of rotatable bonds is 0. The maximum absolute atomic E-state index is 13.5. The van der Waals surface area contributed by atoms with Crippen LogP contribution in [0.2, 0.25) is 5.28 Å². The van der Waals surface area contributed by atoms with Crippen LogP contribution in [0.3, 0.4) is 0 Å². The Kier molecular flexibility index (Phi) is 3.44. The van der Waals surface area contributed by atoms with Gasteiger partial charge in [-0.25, -0.2) is 23.5 Å². The molecule has 0 bridgehead atoms. The summed E-state index contributed by atoms with van der Waals surface area (Å²) in [4.78, 5) is 21.5. The first-order chi connectivity index (χ1) is 10.5. The minimum absolute atomic E-state index is 0.0565. The van der Waals surface area contributed by atoms with E-state index < -0.39 is 36.0 Å². The van der Waals surface area contributed by atoms with Crippen molar-refractivity contribution < 1.29 is 23.0 Å². The van der Waals surface area contributed by atoms with Crippen molar-refractivity contribution in [2.45, 2.75) is 50.7 Å². The van der Waals surface area contributed by atoms with Crippen molar-refractivity contribution in [3.05, 3.63) is 11.5 Å². The number of hydrogen-bond acceptors (Lipinski definition) is 5. The van der Waals surface area contributed by atoms with Gasteiger partial charge in [-0.2, -0.15) is 4.98 Å². The third kappa shape index (κ3) is 2.91. The Morgan fingerprint density at radius 2 is 2.09 bits per heavy atom. The Morgan fingerprint density at radius 3 is 2.65 bits per heavy atom. The molecule has 1 aromatic rings. The molecule has 3 rings (SSSR count). The van der Waals surface area contributed by atoms with E-state index in [0.717, 1.165) is 4.90 Å². The van der Waals surface area contributed by atoms with Crippen molar-refractivity contribution in [2.24, 2.45) is 0 Å². The summed E-state index contributed by atoms with van der Waals surface area (Å²) in [5.41, 5.74) is -1.96. The topological polar surface area (TPSA) is 64.5 Å². The van der Waals surface area contributed by atoms with Crippen LogP contribution in [0.15, 0.2) is 6.20 Å². The Balaban J connectivity index is 2.02. The van der Waals surface area contributed by atoms with Crippen molar-refractivity contribution in [3.63, 3.8) is 0 Å². The first kappa shape index (κ1) is 16.2. The fourth-order valence-electron chi connectivity index (χ4n) is 2.86. The molecule has 1 amide bonds. The summed E-state index contributed by atoms with van der Waals surface area (Å²) in [5.74, 6) is -2.58. The Morgan fingerprint density at radius 1 is 1.43 bits per heavy atom. The van der Waals surface area contributed by atoms with E-state index in [1.54, 1.807) is 20.8 Å². The number of nitrogens with zero attached hydrogens (tertiary/aromatic N) is 3. The van der Waals surface area contributed by atoms with E-state index in [2.05, 4.69) is 9.97 Å². The molecule has 2 heterocycles. The highest BCUT2D eigenvalue weighted by Crippen LogP contribution is 2.53. The van der Waals surface area contributed by atoms with Crippen LogP contribution in [0, 0.1) is 0 Å². The number of halogens is 3. The summed E-state index contributed by atoms with van der Waals surface area (Å²) in [6.07, 6.45) is -0.473. The molecule has 6 nitrogen and oxygen atoms in total. The molecule has 1 saturated carbocycles. The SMILES string of the molecule is CC(C)(C)OC(=O)N1c2nc(Cl)ncc2OCC12CC(F)(F)C2. The predicted molar refractivity (Wildman–Crippen MR) is 78.2 cm³/mol. The Bertz CT molecular complexity index is 655. The largest absolute Gasteiger partial charge is 0.486 e. The molecule has 0 saturated heterocycles. The monoisotopic (exact) mass is 347 g/mol. The van der Waals surface area contributed by atoms with Gasteiger partial charge in [0.2, 0.25) is 5.28 Å². The molecular formula is C14H16ClF2N3O3. The van der Waals surface area contributed by atoms with Crippen molar-refractivity contribution in [1.29, 1.82) is 0 Å². The smallest absolute Gasteiger partial charge is 0.416 e. The first-order valence-electron chi connectivity index (χ1n) is 7.08. The molecule has 0 radical (unpaired) electrons. The molecule has 0 unspecified atom stereocenters. The molecule has 2 aliphatic rings. The van der Waals surface area contributed by atoms with Gasteiger partial charge in [0.1, 0.15) is 12.2 Å². The van der Waals surface area contributed by atoms with Gasteiger partial charge in [0.15, 0.2) is 11.6 Å². The molecule has 1 aliphatic carbocycles. The number of ether oxygens (including phenoxy) is 2. The third-order valence-electron chi connectivity index (χ3n) is 3.64. The highest BCUT2D eigenvalue weighted by atomic mass is 35.5. The van der Waals surface area contributed by atoms with Crippen molar-refractivity contribution in [1.82, 2.24) is 9.97 Å². The van der Waals surface area contributed by atoms with Crippen molar-refractivity contribution in [2.75, 3.05) is 11.5 Å². The molecule has 0 atom stereocenters. The van der Waals surface area contributed by atoms with Crippen LogP contribution in [0.4, 0.5) is 19.4 Å². The van der Waals surface area contributed by atoms with Gasteiger partial charge in [-0.1, -0.05) is 0 Å². The van der Waals surface area contributed by atoms with Crippen LogP contribution in [0.5, 0.6) is 5.75 Å². The number of carbonyl (C=O) groups is 1. The average Bonchev–Trinajstić information content (AvgIpc) is 2.33. The normalized spacial score (nSPS) is 21.2. The highest BCUT2D eigenvalue weighted by molar-refractivity contribution is 6.28. The molecule has 1 spiro atoms. The summed E-state index contributed by atoms with van der Waals surface area (Å²) in [6.45, 7) is 5.02. The second-order valence-corrected chi connectivity index (χ2v) is 7.20. The van der Waals surface area contributed by atoms with Gasteiger partial charge in [0.05, 0.1) is 11.7 Å². The van der Waals surface area contributed by atoms with Crippen LogP contribution in [-0.2, 0) is 4.74 Å². The van der Waals surface area contributed by atoms with Crippen molar-refractivity contribution in [3.8, 4) is 5.75 Å². The second kappa shape index (κ2) is 4.90. The fourth-order valence-corrected chi connectivity index (χ4v) is 2.99. The van der Waals surface area contributed by atoms with E-state index in [9.17, 15) is 13.6 Å². The summed E-state index contributed by atoms with van der Waals surface area (Å²) in [6, 6.07) is 0. The van der Waals surface area contributed by atoms with Gasteiger partial charge in [-0.3, -0.25) is 0 Å². The lowest BCUT2D eigenvalue weighted by Gasteiger charge is -2.54. The lowest BCUT2D eigenvalue weighted by molar-refractivity contribution is -0.136. The van der Waals surface area contributed by atoms with E-state index in [0.29, 0.717) is 0 Å². The maximum Gasteiger partial charge on any atom is 0.416 e. The second-order valence-electron chi connectivity index (χ2n) is 6.87. The van der Waals surface area contributed by atoms with E-state index in [1.165, 1.54) is 6.20 Å². The van der Waals surface area contributed by atoms with Gasteiger partial charge in [0.25, 0.3) is 5.92 Å². The lowest BCUT2D eigenvalue weighted by Crippen LogP contribution is -2.69. The number of fused-ring (bicyclic) bond motifs is 1. The molecule has 0 aromatic carbocycles. The zero-order chi connectivity index (χ0) is 17.0. The van der Waals surface area contributed by atoms with Gasteiger partial charge in [-0.05, 0) is 32.4 Å². The zero-order valence-corrected chi connectivity index (χ0v) is 13.7. The number of hydrogen-bond donors (Lipinski definition) is 0. The average molecular weight is 348 g/mol. The zero-order valence-electron chi connectivity index (χ0n) is 12.9. The van der Waals surface area contributed by atoms with Crippen LogP contribution in [-0.4, -0.2) is 39.7 Å². The molecule has 1 aliphatic heterocycles. The molecule has 1 fully saturated rings. The van der Waals surface area contributed by atoms with Gasteiger partial charge >= 0.3 is 6.09 Å². The van der Waals surface area contributed by atoms with Crippen LogP contribution >= 0.6 is 11.6 Å². The Labute approximate surface area is 136 Å². The summed E-state index contributed by atoms with van der Waals surface area (Å²) in [7, 11) is 0. The van der Waals surface area contributed by atoms with Gasteiger partial charge in [0, 0.05) is 12.8 Å². The summed E-state index contributed by atoms with van der Waals surface area (Å²) < 4.78 is 37.8. The fraction of sp³-hybridized carbons (Fsp3) is 0.643. The van der Waals surface area contributed by atoms with Gasteiger partial charge in [-0.15, -0.1) is 0 Å². The lowest BCUT2D eigenvalue weighted by atomic mass is 9.72. The number of anilines is 1. The standard InChI is InChI=1S/C14H16ClF2N3O3/c1-12(2,3)23-11(21)20-9-8(4-18-10(15)19-9)22-7-13(20)5-14(16,17)6-13/h4H,5-7H2,1-3H3. The molecular weight excluding hydrogens is 332 g/mol. The van der Waals surface area contributed by atoms with E-state index >= 15 is 0 Å². The number of alkyl halides is 2.